The third-order valence-electron chi connectivity index (χ3n) is 5.88. The van der Waals surface area contributed by atoms with Crippen molar-refractivity contribution in [3.05, 3.63) is 91.3 Å². The summed E-state index contributed by atoms with van der Waals surface area (Å²) in [5, 5.41) is 11.2. The van der Waals surface area contributed by atoms with Crippen LogP contribution in [0.25, 0.3) is 22.5 Å². The van der Waals surface area contributed by atoms with Crippen LogP contribution in [0, 0.1) is 24.0 Å². The number of benzene rings is 2. The number of amides is 2. The molecule has 36 heavy (non-hydrogen) atoms. The van der Waals surface area contributed by atoms with E-state index < -0.39 is 40.4 Å². The monoisotopic (exact) mass is 488 g/mol. The third-order valence-corrected chi connectivity index (χ3v) is 5.88. The molecule has 1 aliphatic heterocycles. The first kappa shape index (κ1) is 22.7. The minimum absolute atomic E-state index is 0.0780. The number of furan rings is 1. The Hall–Kier alpha value is -5.06. The number of esters is 1. The Bertz CT molecular complexity index is 1670. The lowest BCUT2D eigenvalue weighted by Gasteiger charge is -2.14. The van der Waals surface area contributed by atoms with Gasteiger partial charge in [0, 0.05) is 12.1 Å². The molecule has 5 rings (SSSR count). The van der Waals surface area contributed by atoms with Gasteiger partial charge in [-0.05, 0) is 55.3 Å². The summed E-state index contributed by atoms with van der Waals surface area (Å²) >= 11 is 0. The highest BCUT2D eigenvalue weighted by Crippen LogP contribution is 2.33. The minimum atomic E-state index is -1.10. The topological polar surface area (TPSA) is 150 Å². The molecule has 0 fully saturated rings. The van der Waals surface area contributed by atoms with Crippen molar-refractivity contribution >= 4 is 34.4 Å². The van der Waals surface area contributed by atoms with Gasteiger partial charge in [0.15, 0.2) is 5.76 Å². The Morgan fingerprint density at radius 2 is 1.75 bits per heavy atom. The summed E-state index contributed by atoms with van der Waals surface area (Å²) < 4.78 is 16.6. The number of hydrogen-bond donors (Lipinski definition) is 0. The van der Waals surface area contributed by atoms with Crippen molar-refractivity contribution < 1.29 is 32.9 Å². The Labute approximate surface area is 201 Å². The van der Waals surface area contributed by atoms with Gasteiger partial charge in [0.05, 0.1) is 27.7 Å². The maximum atomic E-state index is 13.3. The van der Waals surface area contributed by atoms with E-state index in [1.807, 2.05) is 13.8 Å². The number of hydrogen-bond acceptors (Lipinski definition) is 9. The van der Waals surface area contributed by atoms with Gasteiger partial charge in [0.2, 0.25) is 16.9 Å². The molecule has 0 saturated heterocycles. The SMILES string of the molecule is Cc1cc2oc(-c3ccco3)c(OC(=O)CN3C(=O)c4ccc([N+](=O)[O-])cc4C3=O)c(=O)c2cc1C. The van der Waals surface area contributed by atoms with E-state index in [0.717, 1.165) is 29.3 Å². The number of nitrogens with zero attached hydrogens (tertiary/aromatic N) is 2. The van der Waals surface area contributed by atoms with E-state index in [1.165, 1.54) is 12.3 Å². The van der Waals surface area contributed by atoms with Crippen LogP contribution < -0.4 is 10.2 Å². The highest BCUT2D eigenvalue weighted by atomic mass is 16.6. The number of ether oxygens (including phenoxy) is 1. The molecule has 0 radical (unpaired) electrons. The predicted octanol–water partition coefficient (Wildman–Crippen LogP) is 3.78. The van der Waals surface area contributed by atoms with Gasteiger partial charge in [-0.15, -0.1) is 0 Å². The van der Waals surface area contributed by atoms with Crippen molar-refractivity contribution in [3.63, 3.8) is 0 Å². The predicted molar refractivity (Wildman–Crippen MR) is 124 cm³/mol. The molecule has 0 spiro atoms. The lowest BCUT2D eigenvalue weighted by molar-refractivity contribution is -0.384. The van der Waals surface area contributed by atoms with Gasteiger partial charge >= 0.3 is 5.97 Å². The van der Waals surface area contributed by atoms with Gasteiger partial charge in [0.1, 0.15) is 12.1 Å². The van der Waals surface area contributed by atoms with Crippen LogP contribution in [0.3, 0.4) is 0 Å². The van der Waals surface area contributed by atoms with Gasteiger partial charge in [-0.25, -0.2) is 4.79 Å². The standard InChI is InChI=1S/C25H16N2O9/c1-12-8-17-19(9-13(12)2)35-22(18-4-3-7-34-18)23(21(17)29)36-20(28)11-26-24(30)15-6-5-14(27(32)33)10-16(15)25(26)31/h3-10H,11H2,1-2H3. The summed E-state index contributed by atoms with van der Waals surface area (Å²) in [6, 6.07) is 9.57. The van der Waals surface area contributed by atoms with E-state index in [9.17, 15) is 29.3 Å². The quantitative estimate of drug-likeness (QED) is 0.177. The van der Waals surface area contributed by atoms with Crippen LogP contribution in [0.1, 0.15) is 31.8 Å². The number of nitro groups is 1. The summed E-state index contributed by atoms with van der Waals surface area (Å²) in [5.41, 5.74) is 0.666. The number of imide groups is 1. The average molecular weight is 488 g/mol. The van der Waals surface area contributed by atoms with Crippen molar-refractivity contribution in [1.82, 2.24) is 4.90 Å². The van der Waals surface area contributed by atoms with Crippen LogP contribution in [0.15, 0.2) is 62.4 Å². The van der Waals surface area contributed by atoms with Crippen LogP contribution >= 0.6 is 0 Å². The summed E-state index contributed by atoms with van der Waals surface area (Å²) in [7, 11) is 0. The van der Waals surface area contributed by atoms with Crippen molar-refractivity contribution in [3.8, 4) is 17.3 Å². The lowest BCUT2D eigenvalue weighted by Crippen LogP contribution is -2.37. The maximum absolute atomic E-state index is 13.3. The molecule has 1 aliphatic rings. The molecule has 180 valence electrons. The van der Waals surface area contributed by atoms with E-state index in [0.29, 0.717) is 4.90 Å². The molecule has 0 N–H and O–H groups in total. The van der Waals surface area contributed by atoms with E-state index in [4.69, 9.17) is 13.6 Å². The fourth-order valence-corrected chi connectivity index (χ4v) is 3.91. The Morgan fingerprint density at radius 3 is 2.44 bits per heavy atom. The zero-order valence-corrected chi connectivity index (χ0v) is 18.9. The molecule has 11 heteroatoms. The molecule has 0 bridgehead atoms. The van der Waals surface area contributed by atoms with Gasteiger partial charge in [-0.1, -0.05) is 0 Å². The molecule has 2 aromatic heterocycles. The summed E-state index contributed by atoms with van der Waals surface area (Å²) in [5.74, 6) is -3.27. The van der Waals surface area contributed by atoms with Gasteiger partial charge in [0.25, 0.3) is 17.5 Å². The molecular formula is C25H16N2O9. The van der Waals surface area contributed by atoms with Crippen molar-refractivity contribution in [2.75, 3.05) is 6.54 Å². The highest BCUT2D eigenvalue weighted by molar-refractivity contribution is 6.22. The number of aryl methyl sites for hydroxylation is 2. The second kappa shape index (κ2) is 8.31. The number of carbonyl (C=O) groups is 3. The van der Waals surface area contributed by atoms with Gasteiger partial charge in [-0.3, -0.25) is 29.4 Å². The zero-order valence-electron chi connectivity index (χ0n) is 18.9. The van der Waals surface area contributed by atoms with E-state index >= 15 is 0 Å². The molecule has 4 aromatic rings. The molecule has 2 amide bonds. The molecular weight excluding hydrogens is 472 g/mol. The average Bonchev–Trinajstić information content (AvgIpc) is 3.46. The first-order chi connectivity index (χ1) is 17.2. The Morgan fingerprint density at radius 1 is 1.03 bits per heavy atom. The van der Waals surface area contributed by atoms with Crippen LogP contribution in [0.2, 0.25) is 0 Å². The molecule has 2 aromatic carbocycles. The molecule has 3 heterocycles. The van der Waals surface area contributed by atoms with Crippen molar-refractivity contribution in [2.24, 2.45) is 0 Å². The Balaban J connectivity index is 1.50. The van der Waals surface area contributed by atoms with E-state index in [2.05, 4.69) is 0 Å². The molecule has 0 atom stereocenters. The number of carbonyl (C=O) groups excluding carboxylic acids is 3. The largest absolute Gasteiger partial charge is 0.461 e. The number of fused-ring (bicyclic) bond motifs is 2. The van der Waals surface area contributed by atoms with Crippen molar-refractivity contribution in [1.29, 1.82) is 0 Å². The van der Waals surface area contributed by atoms with Crippen LogP contribution in [0.4, 0.5) is 5.69 Å². The third kappa shape index (κ3) is 3.63. The second-order valence-corrected chi connectivity index (χ2v) is 8.16. The van der Waals surface area contributed by atoms with E-state index in [-0.39, 0.29) is 39.3 Å². The summed E-state index contributed by atoms with van der Waals surface area (Å²) in [6.45, 7) is 2.83. The maximum Gasteiger partial charge on any atom is 0.331 e. The Kier molecular flexibility index (Phi) is 5.24. The number of rotatable bonds is 5. The van der Waals surface area contributed by atoms with E-state index in [1.54, 1.807) is 18.2 Å². The number of non-ortho nitro benzene ring substituents is 1. The van der Waals surface area contributed by atoms with Gasteiger partial charge in [-0.2, -0.15) is 0 Å². The normalized spacial score (nSPS) is 12.8. The number of nitro benzene ring substituents is 1. The molecule has 0 aliphatic carbocycles. The van der Waals surface area contributed by atoms with Crippen LogP contribution in [-0.2, 0) is 4.79 Å². The summed E-state index contributed by atoms with van der Waals surface area (Å²) in [6.07, 6.45) is 1.35. The summed E-state index contributed by atoms with van der Waals surface area (Å²) in [4.78, 5) is 62.4. The molecule has 11 nitrogen and oxygen atoms in total. The van der Waals surface area contributed by atoms with Gasteiger partial charge < -0.3 is 13.6 Å². The minimum Gasteiger partial charge on any atom is -0.461 e. The lowest BCUT2D eigenvalue weighted by atomic mass is 10.1. The fourth-order valence-electron chi connectivity index (χ4n) is 3.91. The fraction of sp³-hybridized carbons (Fsp3) is 0.120. The van der Waals surface area contributed by atoms with Crippen LogP contribution in [-0.4, -0.2) is 34.2 Å². The smallest absolute Gasteiger partial charge is 0.331 e. The van der Waals surface area contributed by atoms with Crippen LogP contribution in [0.5, 0.6) is 5.75 Å². The first-order valence-corrected chi connectivity index (χ1v) is 10.6. The molecule has 0 unspecified atom stereocenters. The molecule has 0 saturated carbocycles. The first-order valence-electron chi connectivity index (χ1n) is 10.6. The second-order valence-electron chi connectivity index (χ2n) is 8.16. The zero-order chi connectivity index (χ0) is 25.7. The van der Waals surface area contributed by atoms with Crippen molar-refractivity contribution in [2.45, 2.75) is 13.8 Å². The highest BCUT2D eigenvalue weighted by Gasteiger charge is 2.38.